The van der Waals surface area contributed by atoms with Gasteiger partial charge in [-0.1, -0.05) is 352 Å². The standard InChI is InChI=1S/2C47H34N2.C43H32N2/c1-4-15-40(16-5-1)48(41-17-6-2-7-18-41)43-27-23-34(24-28-43)36-25-29-46-38(31-36)33-39-32-37(45-22-12-14-35-13-10-11-21-44(35)45)26-30-47(39)49(46)42-19-8-3-9-20-42;1-4-14-42(15-5-1)48(43-16-6-2-7-17-43)45-26-22-35(23-27-45)37-24-28-46-40(31-37)33-41-32-39(38-21-20-34-12-10-11-13-36(34)30-38)25-29-47(41)49(46)44-18-8-3-9-19-44;1-4-12-32(13-5-1)33-20-27-41(28-21-33)45-42-19-11-10-14-36(42)31-37-30-35(24-29-43(37)45)34-22-25-40(26-23-34)44(38-15-6-2-7-16-38)39-17-8-3-9-18-39/h2*1-32H,33H2;1-30H,31H2. The van der Waals surface area contributed by atoms with Gasteiger partial charge in [0, 0.05) is 122 Å². The minimum Gasteiger partial charge on any atom is -0.311 e. The van der Waals surface area contributed by atoms with Crippen molar-refractivity contribution in [3.8, 4) is 66.8 Å². The summed E-state index contributed by atoms with van der Waals surface area (Å²) in [5, 5.41) is 5.08. The van der Waals surface area contributed by atoms with Crippen molar-refractivity contribution < 1.29 is 0 Å². The van der Waals surface area contributed by atoms with E-state index < -0.39 is 0 Å². The van der Waals surface area contributed by atoms with Gasteiger partial charge in [-0.15, -0.1) is 0 Å². The molecule has 3 heterocycles. The van der Waals surface area contributed by atoms with Gasteiger partial charge < -0.3 is 29.4 Å². The molecule has 143 heavy (non-hydrogen) atoms. The average Bonchev–Trinajstić information content (AvgIpc) is 0.729. The van der Waals surface area contributed by atoms with Crippen molar-refractivity contribution >= 4 is 124 Å². The Balaban J connectivity index is 0.000000116. The summed E-state index contributed by atoms with van der Waals surface area (Å²) in [6.07, 6.45) is 2.65. The lowest BCUT2D eigenvalue weighted by molar-refractivity contribution is 1.09. The lowest BCUT2D eigenvalue weighted by atomic mass is 9.89. The predicted molar refractivity (Wildman–Crippen MR) is 603 cm³/mol. The Bertz CT molecular complexity index is 8300. The van der Waals surface area contributed by atoms with Gasteiger partial charge in [-0.2, -0.15) is 0 Å². The van der Waals surface area contributed by atoms with Crippen molar-refractivity contribution in [3.63, 3.8) is 0 Å². The summed E-state index contributed by atoms with van der Waals surface area (Å²) in [6.45, 7) is 0. The highest BCUT2D eigenvalue weighted by molar-refractivity contribution is 5.99. The average molecular weight is 1830 g/mol. The Hall–Kier alpha value is -18.6. The number of hydrogen-bond donors (Lipinski definition) is 0. The molecule has 23 aromatic carbocycles. The van der Waals surface area contributed by atoms with Gasteiger partial charge in [0.2, 0.25) is 0 Å². The smallest absolute Gasteiger partial charge is 0.0497 e. The summed E-state index contributed by atoms with van der Waals surface area (Å²) in [5.74, 6) is 0. The third-order valence-electron chi connectivity index (χ3n) is 27.9. The monoisotopic (exact) mass is 1830 g/mol. The van der Waals surface area contributed by atoms with Crippen LogP contribution in [0, 0.1) is 0 Å². The van der Waals surface area contributed by atoms with Crippen LogP contribution >= 0.6 is 0 Å². The van der Waals surface area contributed by atoms with E-state index in [2.05, 4.69) is 600 Å². The first-order valence-electron chi connectivity index (χ1n) is 49.3. The third-order valence-corrected chi connectivity index (χ3v) is 27.9. The highest BCUT2D eigenvalue weighted by Crippen LogP contribution is 2.52. The zero-order chi connectivity index (χ0) is 95.1. The van der Waals surface area contributed by atoms with E-state index in [4.69, 9.17) is 0 Å². The number of para-hydroxylation sites is 9. The fourth-order valence-corrected chi connectivity index (χ4v) is 21.0. The van der Waals surface area contributed by atoms with Crippen LogP contribution in [0.3, 0.4) is 0 Å². The van der Waals surface area contributed by atoms with E-state index in [9.17, 15) is 0 Å². The summed E-state index contributed by atoms with van der Waals surface area (Å²) < 4.78 is 0. The minimum absolute atomic E-state index is 0.869. The quantitative estimate of drug-likeness (QED) is 0.0847. The van der Waals surface area contributed by atoms with E-state index in [-0.39, 0.29) is 0 Å². The van der Waals surface area contributed by atoms with Gasteiger partial charge in [0.1, 0.15) is 0 Å². The normalized spacial score (nSPS) is 11.9. The van der Waals surface area contributed by atoms with Crippen LogP contribution in [0.2, 0.25) is 0 Å². The first kappa shape index (κ1) is 87.2. The van der Waals surface area contributed by atoms with E-state index in [1.165, 1.54) is 173 Å². The molecule has 0 aliphatic carbocycles. The molecule has 0 unspecified atom stereocenters. The SMILES string of the molecule is c1ccc(-c2ccc(N3c4ccccc4Cc4cc(-c5ccc(N(c6ccccc6)c6ccccc6)cc5)ccc43)cc2)cc1.c1ccc(N(c2ccccc2)c2ccc(-c3ccc4c(c3)Cc3cc(-c5ccc6ccccc6c5)ccc3N4c3ccccc3)cc2)cc1.c1ccc(N(c2ccccc2)c2ccc(-c3ccc4c(c3)Cc3cc(-c5cccc6ccccc56)ccc3N4c3ccccc3)cc2)cc1. The van der Waals surface area contributed by atoms with Crippen molar-refractivity contribution in [2.24, 2.45) is 0 Å². The number of nitrogens with zero attached hydrogens (tertiary/aromatic N) is 6. The molecule has 0 amide bonds. The van der Waals surface area contributed by atoms with Crippen LogP contribution in [0.4, 0.5) is 102 Å². The van der Waals surface area contributed by atoms with Crippen molar-refractivity contribution in [2.45, 2.75) is 19.3 Å². The first-order valence-corrected chi connectivity index (χ1v) is 49.3. The van der Waals surface area contributed by atoms with E-state index in [0.29, 0.717) is 0 Å². The summed E-state index contributed by atoms with van der Waals surface area (Å²) in [5.41, 5.74) is 43.9. The summed E-state index contributed by atoms with van der Waals surface area (Å²) in [6, 6.07) is 205. The summed E-state index contributed by atoms with van der Waals surface area (Å²) >= 11 is 0. The Morgan fingerprint density at radius 1 is 0.133 bits per heavy atom. The van der Waals surface area contributed by atoms with Gasteiger partial charge in [-0.25, -0.2) is 0 Å². The van der Waals surface area contributed by atoms with Gasteiger partial charge in [0.25, 0.3) is 0 Å². The maximum Gasteiger partial charge on any atom is 0.0497 e. The molecule has 6 heteroatoms. The maximum atomic E-state index is 2.42. The molecule has 3 aliphatic rings. The van der Waals surface area contributed by atoms with E-state index in [0.717, 1.165) is 70.4 Å². The van der Waals surface area contributed by atoms with Crippen molar-refractivity contribution in [2.75, 3.05) is 29.4 Å². The zero-order valence-corrected chi connectivity index (χ0v) is 79.1. The second-order valence-electron chi connectivity index (χ2n) is 36.7. The molecule has 26 rings (SSSR count). The fourth-order valence-electron chi connectivity index (χ4n) is 21.0. The molecule has 0 N–H and O–H groups in total. The number of rotatable bonds is 18. The molecule has 23 aromatic rings. The van der Waals surface area contributed by atoms with Crippen molar-refractivity contribution in [1.29, 1.82) is 0 Å². The van der Waals surface area contributed by atoms with Crippen molar-refractivity contribution in [1.82, 2.24) is 0 Å². The molecule has 6 nitrogen and oxygen atoms in total. The van der Waals surface area contributed by atoms with Gasteiger partial charge in [0.05, 0.1) is 0 Å². The van der Waals surface area contributed by atoms with E-state index in [1.54, 1.807) is 0 Å². The highest BCUT2D eigenvalue weighted by Gasteiger charge is 2.30. The Morgan fingerprint density at radius 3 is 0.762 bits per heavy atom. The molecule has 0 atom stereocenters. The Morgan fingerprint density at radius 2 is 0.371 bits per heavy atom. The van der Waals surface area contributed by atoms with Crippen LogP contribution < -0.4 is 29.4 Å². The first-order chi connectivity index (χ1) is 70.9. The molecule has 0 radical (unpaired) electrons. The predicted octanol–water partition coefficient (Wildman–Crippen LogP) is 37.9. The Kier molecular flexibility index (Phi) is 24.1. The third kappa shape index (κ3) is 17.9. The molecule has 3 aliphatic heterocycles. The lowest BCUT2D eigenvalue weighted by Crippen LogP contribution is -2.18. The number of hydrogen-bond acceptors (Lipinski definition) is 6. The van der Waals surface area contributed by atoms with Gasteiger partial charge >= 0.3 is 0 Å². The highest BCUT2D eigenvalue weighted by atomic mass is 15.2. The molecule has 0 fully saturated rings. The molecule has 0 bridgehead atoms. The molecule has 0 saturated carbocycles. The molecule has 0 saturated heterocycles. The molecule has 678 valence electrons. The maximum absolute atomic E-state index is 2.42. The molecule has 0 aromatic heterocycles. The number of benzene rings is 23. The van der Waals surface area contributed by atoms with Crippen LogP contribution in [0.5, 0.6) is 0 Å². The Labute approximate surface area is 837 Å². The lowest BCUT2D eigenvalue weighted by Gasteiger charge is -2.34. The topological polar surface area (TPSA) is 19.4 Å². The van der Waals surface area contributed by atoms with Crippen LogP contribution in [0.25, 0.3) is 88.3 Å². The van der Waals surface area contributed by atoms with Crippen LogP contribution in [0.1, 0.15) is 33.4 Å². The van der Waals surface area contributed by atoms with E-state index in [1.807, 2.05) is 0 Å². The van der Waals surface area contributed by atoms with Gasteiger partial charge in [-0.3, -0.25) is 0 Å². The van der Waals surface area contributed by atoms with Crippen LogP contribution in [-0.2, 0) is 19.3 Å². The second-order valence-corrected chi connectivity index (χ2v) is 36.7. The van der Waals surface area contributed by atoms with E-state index >= 15 is 0 Å². The van der Waals surface area contributed by atoms with Gasteiger partial charge in [-0.05, 0) is 340 Å². The number of fused-ring (bicyclic) bond motifs is 8. The van der Waals surface area contributed by atoms with Crippen LogP contribution in [0.15, 0.2) is 570 Å². The van der Waals surface area contributed by atoms with Gasteiger partial charge in [0.15, 0.2) is 0 Å². The zero-order valence-electron chi connectivity index (χ0n) is 79.1. The molecular weight excluding hydrogens is 1730 g/mol. The largest absolute Gasteiger partial charge is 0.311 e. The second kappa shape index (κ2) is 39.5. The minimum atomic E-state index is 0.869. The summed E-state index contributed by atoms with van der Waals surface area (Å²) in [4.78, 5) is 14.2. The van der Waals surface area contributed by atoms with Crippen molar-refractivity contribution in [3.05, 3.63) is 604 Å². The molecule has 0 spiro atoms. The number of anilines is 18. The summed E-state index contributed by atoms with van der Waals surface area (Å²) in [7, 11) is 0. The molecular formula is C137H100N6. The fraction of sp³-hybridized carbons (Fsp3) is 0.0219. The van der Waals surface area contributed by atoms with Crippen LogP contribution in [-0.4, -0.2) is 0 Å².